The molecule has 0 heterocycles. The summed E-state index contributed by atoms with van der Waals surface area (Å²) in [5.74, 6) is 0. The maximum Gasteiger partial charge on any atom is 0.108 e. The van der Waals surface area contributed by atoms with Crippen LogP contribution in [0.25, 0.3) is 0 Å². The number of anilines is 2. The van der Waals surface area contributed by atoms with Gasteiger partial charge in [0, 0.05) is 11.4 Å². The van der Waals surface area contributed by atoms with Gasteiger partial charge in [-0.05, 0) is 65.4 Å². The molecule has 0 fully saturated rings. The van der Waals surface area contributed by atoms with Crippen molar-refractivity contribution in [1.29, 1.82) is 0 Å². The fraction of sp³-hybridized carbons (Fsp3) is 0.333. The van der Waals surface area contributed by atoms with E-state index >= 15 is 0 Å². The predicted molar refractivity (Wildman–Crippen MR) is 91.8 cm³/mol. The van der Waals surface area contributed by atoms with Crippen molar-refractivity contribution in [3.05, 3.63) is 64.2 Å². The molecule has 0 aliphatic heterocycles. The predicted octanol–water partition coefficient (Wildman–Crippen LogP) is 5.80. The number of nitroso groups, excluding NO2 is 1. The Morgan fingerprint density at radius 2 is 1.41 bits per heavy atom. The molecule has 0 aromatic heterocycles. The Morgan fingerprint density at radius 3 is 1.82 bits per heavy atom. The zero-order chi connectivity index (χ0) is 16.2. The lowest BCUT2D eigenvalue weighted by Gasteiger charge is -2.32. The van der Waals surface area contributed by atoms with Crippen LogP contribution in [0.2, 0.25) is 0 Å². The first-order chi connectivity index (χ1) is 10.5. The van der Waals surface area contributed by atoms with Gasteiger partial charge in [0.2, 0.25) is 0 Å². The lowest BCUT2D eigenvalue weighted by atomic mass is 9.78. The Kier molecular flexibility index (Phi) is 4.93. The summed E-state index contributed by atoms with van der Waals surface area (Å²) in [6, 6.07) is 14.0. The Morgan fingerprint density at radius 1 is 0.955 bits per heavy atom. The second-order valence-electron chi connectivity index (χ2n) is 5.72. The summed E-state index contributed by atoms with van der Waals surface area (Å²) in [4.78, 5) is 10.4. The molecule has 0 radical (unpaired) electrons. The molecular formula is C18H21N2O2-. The highest BCUT2D eigenvalue weighted by Crippen LogP contribution is 2.33. The Labute approximate surface area is 131 Å². The molecule has 0 spiro atoms. The van der Waals surface area contributed by atoms with Crippen LogP contribution in [0, 0.1) is 10.1 Å². The highest BCUT2D eigenvalue weighted by molar-refractivity contribution is 5.66. The van der Waals surface area contributed by atoms with Crippen molar-refractivity contribution in [2.75, 3.05) is 5.06 Å². The van der Waals surface area contributed by atoms with Crippen LogP contribution in [-0.4, -0.2) is 0 Å². The van der Waals surface area contributed by atoms with Gasteiger partial charge in [-0.25, -0.2) is 0 Å². The lowest BCUT2D eigenvalue weighted by Crippen LogP contribution is -2.19. The smallest absolute Gasteiger partial charge is 0.108 e. The third kappa shape index (κ3) is 3.17. The zero-order valence-corrected chi connectivity index (χ0v) is 13.2. The van der Waals surface area contributed by atoms with Crippen molar-refractivity contribution in [3.8, 4) is 0 Å². The van der Waals surface area contributed by atoms with Gasteiger partial charge in [-0.3, -0.25) is 0 Å². The van der Waals surface area contributed by atoms with Crippen LogP contribution >= 0.6 is 0 Å². The van der Waals surface area contributed by atoms with Gasteiger partial charge in [0.25, 0.3) is 0 Å². The van der Waals surface area contributed by atoms with Gasteiger partial charge in [-0.1, -0.05) is 32.9 Å². The SMILES string of the molecule is CCC(C)(CC)c1ccc(N([O-])c2ccc(N=O)cc2)cc1. The summed E-state index contributed by atoms with van der Waals surface area (Å²) in [5.41, 5.74) is 2.76. The van der Waals surface area contributed by atoms with Gasteiger partial charge in [0.1, 0.15) is 5.69 Å². The molecule has 116 valence electrons. The molecule has 4 heteroatoms. The number of hydrogen-bond donors (Lipinski definition) is 0. The van der Waals surface area contributed by atoms with E-state index in [0.29, 0.717) is 17.1 Å². The molecule has 4 nitrogen and oxygen atoms in total. The summed E-state index contributed by atoms with van der Waals surface area (Å²) in [7, 11) is 0. The molecular weight excluding hydrogens is 276 g/mol. The van der Waals surface area contributed by atoms with E-state index < -0.39 is 0 Å². The van der Waals surface area contributed by atoms with E-state index in [4.69, 9.17) is 0 Å². The van der Waals surface area contributed by atoms with Crippen molar-refractivity contribution in [3.63, 3.8) is 0 Å². The molecule has 0 bridgehead atoms. The highest BCUT2D eigenvalue weighted by Gasteiger charge is 2.21. The standard InChI is InChI=1S/C18H21N2O2/c1-4-18(3,5-2)14-6-10-16(11-7-14)20(22)17-12-8-15(19-21)9-13-17/h6-13H,4-5H2,1-3H3/q-1. The van der Waals surface area contributed by atoms with Gasteiger partial charge in [-0.15, -0.1) is 4.91 Å². The van der Waals surface area contributed by atoms with E-state index in [-0.39, 0.29) is 5.41 Å². The normalized spacial score (nSPS) is 11.3. The molecule has 2 aromatic carbocycles. The van der Waals surface area contributed by atoms with Gasteiger partial charge in [0.15, 0.2) is 0 Å². The molecule has 0 atom stereocenters. The Hall–Kier alpha value is -2.20. The molecule has 2 aromatic rings. The summed E-state index contributed by atoms with van der Waals surface area (Å²) in [6.45, 7) is 6.60. The fourth-order valence-electron chi connectivity index (χ4n) is 2.46. The van der Waals surface area contributed by atoms with Crippen LogP contribution in [0.4, 0.5) is 17.1 Å². The van der Waals surface area contributed by atoms with Crippen LogP contribution in [-0.2, 0) is 5.41 Å². The first-order valence-corrected chi connectivity index (χ1v) is 7.55. The average Bonchev–Trinajstić information content (AvgIpc) is 2.60. The summed E-state index contributed by atoms with van der Waals surface area (Å²) in [6.07, 6.45) is 2.12. The minimum atomic E-state index is 0.142. The molecule has 0 amide bonds. The topological polar surface area (TPSA) is 55.7 Å². The fourth-order valence-corrected chi connectivity index (χ4v) is 2.46. The van der Waals surface area contributed by atoms with Crippen LogP contribution in [0.3, 0.4) is 0 Å². The van der Waals surface area contributed by atoms with E-state index in [9.17, 15) is 10.1 Å². The zero-order valence-electron chi connectivity index (χ0n) is 13.2. The number of hydrogen-bond acceptors (Lipinski definition) is 4. The van der Waals surface area contributed by atoms with E-state index in [2.05, 4.69) is 25.9 Å². The lowest BCUT2D eigenvalue weighted by molar-refractivity contribution is 0.439. The van der Waals surface area contributed by atoms with Crippen LogP contribution in [0.15, 0.2) is 53.7 Å². The van der Waals surface area contributed by atoms with Crippen molar-refractivity contribution < 1.29 is 0 Å². The van der Waals surface area contributed by atoms with Crippen molar-refractivity contribution in [1.82, 2.24) is 0 Å². The minimum absolute atomic E-state index is 0.142. The van der Waals surface area contributed by atoms with Crippen LogP contribution < -0.4 is 5.06 Å². The quantitative estimate of drug-likeness (QED) is 0.500. The first-order valence-electron chi connectivity index (χ1n) is 7.55. The van der Waals surface area contributed by atoms with Gasteiger partial charge in [-0.2, -0.15) is 0 Å². The minimum Gasteiger partial charge on any atom is -0.754 e. The van der Waals surface area contributed by atoms with Crippen LogP contribution in [0.5, 0.6) is 0 Å². The highest BCUT2D eigenvalue weighted by atomic mass is 16.5. The molecule has 0 saturated heterocycles. The molecule has 22 heavy (non-hydrogen) atoms. The summed E-state index contributed by atoms with van der Waals surface area (Å²) in [5, 5.41) is 16.0. The van der Waals surface area contributed by atoms with Gasteiger partial charge < -0.3 is 10.3 Å². The molecule has 0 N–H and O–H groups in total. The number of benzene rings is 2. The first kappa shape index (κ1) is 16.2. The molecule has 0 aliphatic carbocycles. The van der Waals surface area contributed by atoms with Crippen molar-refractivity contribution in [2.24, 2.45) is 5.18 Å². The van der Waals surface area contributed by atoms with E-state index in [0.717, 1.165) is 17.9 Å². The Balaban J connectivity index is 2.23. The van der Waals surface area contributed by atoms with Crippen molar-refractivity contribution in [2.45, 2.75) is 39.0 Å². The van der Waals surface area contributed by atoms with E-state index in [1.54, 1.807) is 12.1 Å². The third-order valence-corrected chi connectivity index (χ3v) is 4.55. The largest absolute Gasteiger partial charge is 0.754 e. The van der Waals surface area contributed by atoms with Gasteiger partial charge in [0.05, 0.1) is 0 Å². The number of nitrogens with zero attached hydrogens (tertiary/aromatic N) is 2. The maximum atomic E-state index is 12.4. The molecule has 2 rings (SSSR count). The summed E-state index contributed by atoms with van der Waals surface area (Å²) < 4.78 is 0. The molecule has 0 unspecified atom stereocenters. The second-order valence-corrected chi connectivity index (χ2v) is 5.72. The average molecular weight is 297 g/mol. The monoisotopic (exact) mass is 297 g/mol. The Bertz CT molecular complexity index is 617. The van der Waals surface area contributed by atoms with Crippen molar-refractivity contribution >= 4 is 17.1 Å². The molecule has 0 saturated carbocycles. The summed E-state index contributed by atoms with van der Waals surface area (Å²) >= 11 is 0. The molecule has 0 aliphatic rings. The number of rotatable bonds is 6. The van der Waals surface area contributed by atoms with E-state index in [1.165, 1.54) is 17.7 Å². The van der Waals surface area contributed by atoms with Crippen LogP contribution in [0.1, 0.15) is 39.2 Å². The van der Waals surface area contributed by atoms with E-state index in [1.807, 2.05) is 24.3 Å². The maximum absolute atomic E-state index is 12.4. The second kappa shape index (κ2) is 6.71. The third-order valence-electron chi connectivity index (χ3n) is 4.55. The van der Waals surface area contributed by atoms with Gasteiger partial charge >= 0.3 is 0 Å².